The first-order valence-electron chi connectivity index (χ1n) is 5.39. The molecule has 1 aliphatic carbocycles. The quantitative estimate of drug-likeness (QED) is 0.704. The third kappa shape index (κ3) is 4.02. The molecule has 0 aliphatic heterocycles. The number of nitrogens with zero attached hydrogens (tertiary/aromatic N) is 1. The summed E-state index contributed by atoms with van der Waals surface area (Å²) in [6.45, 7) is -0.264. The number of rotatable bonds is 7. The van der Waals surface area contributed by atoms with E-state index in [1.165, 1.54) is 12.0 Å². The highest BCUT2D eigenvalue weighted by atomic mass is 19.3. The highest BCUT2D eigenvalue weighted by molar-refractivity contribution is 5.77. The topological polar surface area (TPSA) is 55.6 Å². The van der Waals surface area contributed by atoms with Crippen molar-refractivity contribution >= 4 is 5.91 Å². The van der Waals surface area contributed by atoms with E-state index in [1.807, 2.05) is 0 Å². The van der Waals surface area contributed by atoms with Gasteiger partial charge in [-0.1, -0.05) is 0 Å². The van der Waals surface area contributed by atoms with Crippen LogP contribution in [0.5, 0.6) is 0 Å². The molecule has 1 aliphatic rings. The van der Waals surface area contributed by atoms with Gasteiger partial charge < -0.3 is 15.4 Å². The Balaban J connectivity index is 2.46. The van der Waals surface area contributed by atoms with Crippen molar-refractivity contribution < 1.29 is 18.3 Å². The normalized spacial score (nSPS) is 17.6. The fraction of sp³-hybridized carbons (Fsp3) is 0.900. The summed E-state index contributed by atoms with van der Waals surface area (Å²) in [7, 11) is 1.46. The van der Waals surface area contributed by atoms with E-state index in [-0.39, 0.29) is 31.0 Å². The standard InChI is InChI=1S/C10H18F2N2O2/c1-16-8(5-13)4-10(15)14(6-9(11)12)7-2-3-7/h7-9H,2-6,13H2,1H3. The lowest BCUT2D eigenvalue weighted by molar-refractivity contribution is -0.136. The lowest BCUT2D eigenvalue weighted by Gasteiger charge is -2.24. The third-order valence-electron chi connectivity index (χ3n) is 2.64. The molecule has 0 saturated heterocycles. The van der Waals surface area contributed by atoms with Gasteiger partial charge in [0.15, 0.2) is 0 Å². The van der Waals surface area contributed by atoms with E-state index >= 15 is 0 Å². The largest absolute Gasteiger partial charge is 0.380 e. The van der Waals surface area contributed by atoms with Crippen LogP contribution in [0.2, 0.25) is 0 Å². The number of hydrogen-bond acceptors (Lipinski definition) is 3. The Labute approximate surface area is 93.7 Å². The van der Waals surface area contributed by atoms with Gasteiger partial charge in [-0.3, -0.25) is 4.79 Å². The molecule has 1 rings (SSSR count). The van der Waals surface area contributed by atoms with E-state index in [2.05, 4.69) is 0 Å². The zero-order valence-electron chi connectivity index (χ0n) is 9.36. The summed E-state index contributed by atoms with van der Waals surface area (Å²) in [5.74, 6) is -0.292. The molecule has 0 aromatic carbocycles. The summed E-state index contributed by atoms with van der Waals surface area (Å²) < 4.78 is 29.5. The van der Waals surface area contributed by atoms with E-state index < -0.39 is 13.0 Å². The number of ether oxygens (including phenoxy) is 1. The van der Waals surface area contributed by atoms with Crippen LogP contribution in [0.1, 0.15) is 19.3 Å². The number of nitrogens with two attached hydrogens (primary N) is 1. The molecule has 0 heterocycles. The Morgan fingerprint density at radius 2 is 2.19 bits per heavy atom. The number of amides is 1. The minimum atomic E-state index is -2.48. The summed E-state index contributed by atoms with van der Waals surface area (Å²) in [5, 5.41) is 0. The Bertz CT molecular complexity index is 231. The summed E-state index contributed by atoms with van der Waals surface area (Å²) in [6.07, 6.45) is -1.15. The molecule has 4 nitrogen and oxygen atoms in total. The number of alkyl halides is 2. The molecule has 1 atom stereocenters. The summed E-state index contributed by atoms with van der Waals surface area (Å²) in [5.41, 5.74) is 5.38. The molecule has 2 N–H and O–H groups in total. The van der Waals surface area contributed by atoms with Gasteiger partial charge in [-0.05, 0) is 12.8 Å². The zero-order valence-corrected chi connectivity index (χ0v) is 9.36. The number of carbonyl (C=O) groups excluding carboxylic acids is 1. The van der Waals surface area contributed by atoms with Crippen molar-refractivity contribution in [2.45, 2.75) is 37.8 Å². The molecule has 1 fully saturated rings. The smallest absolute Gasteiger partial charge is 0.255 e. The van der Waals surface area contributed by atoms with E-state index in [4.69, 9.17) is 10.5 Å². The molecule has 1 amide bonds. The molecule has 0 radical (unpaired) electrons. The molecule has 0 aromatic rings. The minimum Gasteiger partial charge on any atom is -0.380 e. The van der Waals surface area contributed by atoms with Crippen molar-refractivity contribution in [3.63, 3.8) is 0 Å². The Kier molecular flexibility index (Phi) is 5.08. The molecule has 1 unspecified atom stereocenters. The molecular weight excluding hydrogens is 218 g/mol. The first-order chi connectivity index (χ1) is 7.58. The maximum absolute atomic E-state index is 12.3. The Morgan fingerprint density at radius 1 is 1.56 bits per heavy atom. The maximum atomic E-state index is 12.3. The first-order valence-corrected chi connectivity index (χ1v) is 5.39. The van der Waals surface area contributed by atoms with Gasteiger partial charge in [0.2, 0.25) is 5.91 Å². The fourth-order valence-electron chi connectivity index (χ4n) is 1.56. The van der Waals surface area contributed by atoms with E-state index in [0.29, 0.717) is 0 Å². The SMILES string of the molecule is COC(CN)CC(=O)N(CC(F)F)C1CC1. The maximum Gasteiger partial charge on any atom is 0.255 e. The van der Waals surface area contributed by atoms with Gasteiger partial charge >= 0.3 is 0 Å². The van der Waals surface area contributed by atoms with Crippen LogP contribution in [0.15, 0.2) is 0 Å². The zero-order chi connectivity index (χ0) is 12.1. The molecule has 0 spiro atoms. The molecule has 16 heavy (non-hydrogen) atoms. The van der Waals surface area contributed by atoms with Crippen molar-refractivity contribution in [3.05, 3.63) is 0 Å². The second-order valence-electron chi connectivity index (χ2n) is 3.97. The van der Waals surface area contributed by atoms with Crippen LogP contribution in [0.25, 0.3) is 0 Å². The van der Waals surface area contributed by atoms with E-state index in [0.717, 1.165) is 12.8 Å². The van der Waals surface area contributed by atoms with Gasteiger partial charge in [-0.25, -0.2) is 8.78 Å². The third-order valence-corrected chi connectivity index (χ3v) is 2.64. The lowest BCUT2D eigenvalue weighted by Crippen LogP contribution is -2.40. The Morgan fingerprint density at radius 3 is 2.56 bits per heavy atom. The van der Waals surface area contributed by atoms with Crippen LogP contribution in [0.3, 0.4) is 0 Å². The number of methoxy groups -OCH3 is 1. The van der Waals surface area contributed by atoms with Crippen molar-refractivity contribution in [1.82, 2.24) is 4.90 Å². The monoisotopic (exact) mass is 236 g/mol. The van der Waals surface area contributed by atoms with Crippen LogP contribution in [-0.4, -0.2) is 49.6 Å². The van der Waals surface area contributed by atoms with Gasteiger partial charge in [-0.15, -0.1) is 0 Å². The average Bonchev–Trinajstić information content (AvgIpc) is 3.05. The lowest BCUT2D eigenvalue weighted by atomic mass is 10.2. The van der Waals surface area contributed by atoms with Crippen LogP contribution in [0, 0.1) is 0 Å². The summed E-state index contributed by atoms with van der Waals surface area (Å²) in [4.78, 5) is 13.0. The molecule has 1 saturated carbocycles. The van der Waals surface area contributed by atoms with Gasteiger partial charge in [0.1, 0.15) is 0 Å². The summed E-state index contributed by atoms with van der Waals surface area (Å²) in [6, 6.07) is -0.00298. The number of hydrogen-bond donors (Lipinski definition) is 1. The van der Waals surface area contributed by atoms with Gasteiger partial charge in [-0.2, -0.15) is 0 Å². The molecule has 0 bridgehead atoms. The van der Waals surface area contributed by atoms with Crippen LogP contribution < -0.4 is 5.73 Å². The minimum absolute atomic E-state index is 0.00298. The highest BCUT2D eigenvalue weighted by Crippen LogP contribution is 2.28. The second-order valence-corrected chi connectivity index (χ2v) is 3.97. The van der Waals surface area contributed by atoms with E-state index in [9.17, 15) is 13.6 Å². The summed E-state index contributed by atoms with van der Waals surface area (Å²) >= 11 is 0. The van der Waals surface area contributed by atoms with Crippen molar-refractivity contribution in [2.75, 3.05) is 20.2 Å². The van der Waals surface area contributed by atoms with Crippen LogP contribution in [0.4, 0.5) is 8.78 Å². The second kappa shape index (κ2) is 6.10. The van der Waals surface area contributed by atoms with Gasteiger partial charge in [0.25, 0.3) is 6.43 Å². The molecular formula is C10H18F2N2O2. The number of carbonyl (C=O) groups is 1. The van der Waals surface area contributed by atoms with Crippen LogP contribution in [-0.2, 0) is 9.53 Å². The van der Waals surface area contributed by atoms with Crippen molar-refractivity contribution in [3.8, 4) is 0 Å². The molecule has 94 valence electrons. The highest BCUT2D eigenvalue weighted by Gasteiger charge is 2.34. The van der Waals surface area contributed by atoms with Crippen molar-refractivity contribution in [1.29, 1.82) is 0 Å². The fourth-order valence-corrected chi connectivity index (χ4v) is 1.56. The predicted octanol–water partition coefficient (Wildman–Crippen LogP) is 0.606. The predicted molar refractivity (Wildman–Crippen MR) is 55.2 cm³/mol. The Hall–Kier alpha value is -0.750. The average molecular weight is 236 g/mol. The number of halogens is 2. The van der Waals surface area contributed by atoms with E-state index in [1.54, 1.807) is 0 Å². The van der Waals surface area contributed by atoms with Gasteiger partial charge in [0, 0.05) is 19.7 Å². The molecule has 6 heteroatoms. The van der Waals surface area contributed by atoms with Crippen LogP contribution >= 0.6 is 0 Å². The molecule has 0 aromatic heterocycles. The van der Waals surface area contributed by atoms with Crippen molar-refractivity contribution in [2.24, 2.45) is 5.73 Å². The first kappa shape index (κ1) is 13.3. The van der Waals surface area contributed by atoms with Gasteiger partial charge in [0.05, 0.1) is 19.1 Å².